The average molecular weight is 248 g/mol. The van der Waals surface area contributed by atoms with E-state index in [9.17, 15) is 0 Å². The molecule has 1 N–H and O–H groups in total. The molecule has 2 aliphatic rings. The molecule has 0 saturated carbocycles. The molecule has 0 bridgehead atoms. The first kappa shape index (κ1) is 12.2. The average Bonchev–Trinajstić information content (AvgIpc) is 3.11. The standard InChI is InChI=1S/C14H24N4/c1-12(10-17-7-2-3-8-17)18-11-15-9-14(18)13-5-4-6-16-13/h9,11-13,16H,2-8,10H2,1H3/t12?,13-/m0/s1. The van der Waals surface area contributed by atoms with Crippen molar-refractivity contribution in [3.05, 3.63) is 18.2 Å². The van der Waals surface area contributed by atoms with Gasteiger partial charge in [-0.3, -0.25) is 0 Å². The van der Waals surface area contributed by atoms with Crippen LogP contribution in [-0.2, 0) is 0 Å². The Labute approximate surface area is 109 Å². The van der Waals surface area contributed by atoms with E-state index < -0.39 is 0 Å². The number of hydrogen-bond acceptors (Lipinski definition) is 3. The topological polar surface area (TPSA) is 33.1 Å². The zero-order valence-corrected chi connectivity index (χ0v) is 11.3. The minimum absolute atomic E-state index is 0.522. The van der Waals surface area contributed by atoms with Crippen molar-refractivity contribution in [2.24, 2.45) is 0 Å². The minimum atomic E-state index is 0.522. The van der Waals surface area contributed by atoms with Crippen LogP contribution >= 0.6 is 0 Å². The van der Waals surface area contributed by atoms with Crippen LogP contribution in [0.15, 0.2) is 12.5 Å². The number of nitrogens with one attached hydrogen (secondary N) is 1. The van der Waals surface area contributed by atoms with Gasteiger partial charge in [0.1, 0.15) is 0 Å². The van der Waals surface area contributed by atoms with Crippen molar-refractivity contribution < 1.29 is 0 Å². The number of hydrogen-bond donors (Lipinski definition) is 1. The number of aromatic nitrogens is 2. The van der Waals surface area contributed by atoms with Gasteiger partial charge < -0.3 is 14.8 Å². The van der Waals surface area contributed by atoms with Gasteiger partial charge in [0.05, 0.1) is 12.0 Å². The van der Waals surface area contributed by atoms with Crippen molar-refractivity contribution in [1.82, 2.24) is 19.8 Å². The first-order valence-electron chi connectivity index (χ1n) is 7.32. The molecule has 3 heterocycles. The van der Waals surface area contributed by atoms with Crippen molar-refractivity contribution in [2.75, 3.05) is 26.2 Å². The monoisotopic (exact) mass is 248 g/mol. The summed E-state index contributed by atoms with van der Waals surface area (Å²) >= 11 is 0. The molecule has 2 aliphatic heterocycles. The first-order valence-corrected chi connectivity index (χ1v) is 7.32. The molecule has 0 aromatic carbocycles. The third-order valence-electron chi connectivity index (χ3n) is 4.31. The van der Waals surface area contributed by atoms with Crippen molar-refractivity contribution >= 4 is 0 Å². The van der Waals surface area contributed by atoms with E-state index in [0.717, 1.165) is 13.1 Å². The molecule has 1 aromatic heterocycles. The maximum Gasteiger partial charge on any atom is 0.0951 e. The van der Waals surface area contributed by atoms with Crippen LogP contribution in [0.25, 0.3) is 0 Å². The number of rotatable bonds is 4. The largest absolute Gasteiger partial charge is 0.329 e. The molecule has 0 amide bonds. The molecule has 0 spiro atoms. The molecule has 18 heavy (non-hydrogen) atoms. The summed E-state index contributed by atoms with van der Waals surface area (Å²) in [4.78, 5) is 6.95. The summed E-state index contributed by atoms with van der Waals surface area (Å²) in [5, 5.41) is 3.57. The summed E-state index contributed by atoms with van der Waals surface area (Å²) in [5.41, 5.74) is 1.37. The Morgan fingerprint density at radius 2 is 2.22 bits per heavy atom. The van der Waals surface area contributed by atoms with Crippen LogP contribution in [-0.4, -0.2) is 40.6 Å². The van der Waals surface area contributed by atoms with Crippen LogP contribution in [0, 0.1) is 0 Å². The quantitative estimate of drug-likeness (QED) is 0.884. The number of imidazole rings is 1. The number of nitrogens with zero attached hydrogens (tertiary/aromatic N) is 3. The van der Waals surface area contributed by atoms with E-state index in [-0.39, 0.29) is 0 Å². The van der Waals surface area contributed by atoms with E-state index in [0.29, 0.717) is 12.1 Å². The van der Waals surface area contributed by atoms with E-state index in [1.807, 2.05) is 12.5 Å². The van der Waals surface area contributed by atoms with Gasteiger partial charge in [-0.05, 0) is 52.2 Å². The SMILES string of the molecule is CC(CN1CCCC1)n1cncc1[C@@H]1CCCN1. The van der Waals surface area contributed by atoms with Gasteiger partial charge in [-0.1, -0.05) is 0 Å². The van der Waals surface area contributed by atoms with Gasteiger partial charge in [-0.2, -0.15) is 0 Å². The summed E-state index contributed by atoms with van der Waals surface area (Å²) in [6, 6.07) is 1.05. The summed E-state index contributed by atoms with van der Waals surface area (Å²) in [6.45, 7) is 7.18. The Morgan fingerprint density at radius 1 is 1.39 bits per heavy atom. The van der Waals surface area contributed by atoms with Crippen LogP contribution in [0.5, 0.6) is 0 Å². The summed E-state index contributed by atoms with van der Waals surface area (Å²) in [5.74, 6) is 0. The van der Waals surface area contributed by atoms with Gasteiger partial charge >= 0.3 is 0 Å². The molecule has 4 nitrogen and oxygen atoms in total. The lowest BCUT2D eigenvalue weighted by molar-refractivity contribution is 0.283. The second-order valence-corrected chi connectivity index (χ2v) is 5.73. The van der Waals surface area contributed by atoms with Gasteiger partial charge in [0.15, 0.2) is 0 Å². The van der Waals surface area contributed by atoms with Gasteiger partial charge in [0.25, 0.3) is 0 Å². The fraction of sp³-hybridized carbons (Fsp3) is 0.786. The third kappa shape index (κ3) is 2.45. The molecule has 1 unspecified atom stereocenters. The fourth-order valence-corrected chi connectivity index (χ4v) is 3.32. The van der Waals surface area contributed by atoms with Crippen LogP contribution in [0.1, 0.15) is 50.4 Å². The zero-order valence-electron chi connectivity index (χ0n) is 11.3. The van der Waals surface area contributed by atoms with E-state index in [1.54, 1.807) is 0 Å². The second-order valence-electron chi connectivity index (χ2n) is 5.73. The Bertz CT molecular complexity index is 375. The Kier molecular flexibility index (Phi) is 3.66. The highest BCUT2D eigenvalue weighted by Gasteiger charge is 2.23. The van der Waals surface area contributed by atoms with Crippen molar-refractivity contribution in [2.45, 2.75) is 44.7 Å². The van der Waals surface area contributed by atoms with Gasteiger partial charge in [0, 0.05) is 24.8 Å². The van der Waals surface area contributed by atoms with Crippen LogP contribution in [0.3, 0.4) is 0 Å². The lowest BCUT2D eigenvalue weighted by Gasteiger charge is -2.24. The normalized spacial score (nSPS) is 26.8. The van der Waals surface area contributed by atoms with Gasteiger partial charge in [-0.15, -0.1) is 0 Å². The molecule has 2 saturated heterocycles. The second kappa shape index (κ2) is 5.41. The molecule has 4 heteroatoms. The van der Waals surface area contributed by atoms with Crippen LogP contribution in [0.2, 0.25) is 0 Å². The summed E-state index contributed by atoms with van der Waals surface area (Å²) < 4.78 is 2.38. The third-order valence-corrected chi connectivity index (χ3v) is 4.31. The van der Waals surface area contributed by atoms with Crippen molar-refractivity contribution in [1.29, 1.82) is 0 Å². The van der Waals surface area contributed by atoms with Crippen molar-refractivity contribution in [3.8, 4) is 0 Å². The molecular weight excluding hydrogens is 224 g/mol. The zero-order chi connectivity index (χ0) is 12.4. The van der Waals surface area contributed by atoms with Gasteiger partial charge in [-0.25, -0.2) is 4.98 Å². The summed E-state index contributed by atoms with van der Waals surface area (Å²) in [7, 11) is 0. The lowest BCUT2D eigenvalue weighted by atomic mass is 10.1. The lowest BCUT2D eigenvalue weighted by Crippen LogP contribution is -2.28. The Hall–Kier alpha value is -0.870. The molecule has 0 aliphatic carbocycles. The fourth-order valence-electron chi connectivity index (χ4n) is 3.32. The molecule has 0 radical (unpaired) electrons. The van der Waals surface area contributed by atoms with E-state index in [1.165, 1.54) is 44.5 Å². The van der Waals surface area contributed by atoms with Crippen LogP contribution in [0.4, 0.5) is 0 Å². The molecule has 2 atom stereocenters. The molecule has 2 fully saturated rings. The molecule has 3 rings (SSSR count). The highest BCUT2D eigenvalue weighted by atomic mass is 15.2. The maximum atomic E-state index is 4.37. The Balaban J connectivity index is 1.68. The predicted molar refractivity (Wildman–Crippen MR) is 72.6 cm³/mol. The van der Waals surface area contributed by atoms with E-state index >= 15 is 0 Å². The summed E-state index contributed by atoms with van der Waals surface area (Å²) in [6.07, 6.45) is 9.33. The number of likely N-dealkylation sites (tertiary alicyclic amines) is 1. The first-order chi connectivity index (χ1) is 8.84. The highest BCUT2D eigenvalue weighted by Crippen LogP contribution is 2.25. The minimum Gasteiger partial charge on any atom is -0.329 e. The Morgan fingerprint density at radius 3 is 2.94 bits per heavy atom. The molecular formula is C14H24N4. The smallest absolute Gasteiger partial charge is 0.0951 e. The van der Waals surface area contributed by atoms with Gasteiger partial charge in [0.2, 0.25) is 0 Å². The molecule has 100 valence electrons. The highest BCUT2D eigenvalue weighted by molar-refractivity contribution is 5.08. The van der Waals surface area contributed by atoms with E-state index in [2.05, 4.69) is 26.7 Å². The van der Waals surface area contributed by atoms with Crippen LogP contribution < -0.4 is 5.32 Å². The van der Waals surface area contributed by atoms with Crippen molar-refractivity contribution in [3.63, 3.8) is 0 Å². The maximum absolute atomic E-state index is 4.37. The van der Waals surface area contributed by atoms with E-state index in [4.69, 9.17) is 0 Å². The predicted octanol–water partition coefficient (Wildman–Crippen LogP) is 1.96. The molecule has 1 aromatic rings.